The molecule has 1 N–H and O–H groups in total. The third-order valence-electron chi connectivity index (χ3n) is 1.73. The lowest BCUT2D eigenvalue weighted by Crippen LogP contribution is -1.85. The van der Waals surface area contributed by atoms with Crippen LogP contribution in [0.2, 0.25) is 0 Å². The van der Waals surface area contributed by atoms with Crippen molar-refractivity contribution in [2.24, 2.45) is 0 Å². The first kappa shape index (κ1) is 18.0. The molecule has 2 rings (SSSR count). The first-order chi connectivity index (χ1) is 8.27. The predicted molar refractivity (Wildman–Crippen MR) is 77.4 cm³/mol. The summed E-state index contributed by atoms with van der Waals surface area (Å²) in [6.45, 7) is 15.9. The predicted octanol–water partition coefficient (Wildman–Crippen LogP) is 4.65. The number of hydrogen-bond donors (Lipinski definition) is 1. The lowest BCUT2D eigenvalue weighted by atomic mass is 10.3. The Morgan fingerprint density at radius 3 is 2.00 bits per heavy atom. The van der Waals surface area contributed by atoms with Gasteiger partial charge in [0.2, 0.25) is 0 Å². The third kappa shape index (κ3) is 5.48. The number of fused-ring (bicyclic) bond motifs is 1. The summed E-state index contributed by atoms with van der Waals surface area (Å²) in [6.07, 6.45) is 3.75. The zero-order chi connectivity index (χ0) is 13.8. The fourth-order valence-corrected chi connectivity index (χ4v) is 1.13. The van der Waals surface area contributed by atoms with Crippen molar-refractivity contribution in [3.63, 3.8) is 0 Å². The van der Waals surface area contributed by atoms with Crippen LogP contribution in [-0.4, -0.2) is 15.0 Å². The topological polar surface area (TPSA) is 41.6 Å². The van der Waals surface area contributed by atoms with Crippen molar-refractivity contribution in [3.8, 4) is 0 Å². The maximum absolute atomic E-state index is 4.29. The summed E-state index contributed by atoms with van der Waals surface area (Å²) < 4.78 is 0. The van der Waals surface area contributed by atoms with E-state index in [4.69, 9.17) is 0 Å². The SMILES string of the molecule is CC.CC.CC.Cc1ncc2[nH]cc(C)c2n1. The molecule has 0 spiro atoms. The Morgan fingerprint density at radius 2 is 1.47 bits per heavy atom. The van der Waals surface area contributed by atoms with Gasteiger partial charge in [-0.15, -0.1) is 0 Å². The molecule has 0 bridgehead atoms. The highest BCUT2D eigenvalue weighted by Gasteiger charge is 1.99. The molecule has 0 aliphatic rings. The molecule has 0 aliphatic heterocycles. The highest BCUT2D eigenvalue weighted by molar-refractivity contribution is 5.77. The molecule has 0 radical (unpaired) electrons. The van der Waals surface area contributed by atoms with Crippen LogP contribution < -0.4 is 0 Å². The summed E-state index contributed by atoms with van der Waals surface area (Å²) in [5.41, 5.74) is 3.20. The van der Waals surface area contributed by atoms with Gasteiger partial charge in [0, 0.05) is 6.20 Å². The van der Waals surface area contributed by atoms with E-state index in [9.17, 15) is 0 Å². The molecule has 0 unspecified atom stereocenters. The maximum Gasteiger partial charge on any atom is 0.126 e. The molecule has 2 heterocycles. The minimum absolute atomic E-state index is 0.820. The zero-order valence-electron chi connectivity index (χ0n) is 12.5. The fraction of sp³-hybridized carbons (Fsp3) is 0.571. The Hall–Kier alpha value is -1.38. The van der Waals surface area contributed by atoms with Gasteiger partial charge in [0.1, 0.15) is 5.82 Å². The van der Waals surface area contributed by atoms with Gasteiger partial charge < -0.3 is 4.98 Å². The number of hydrogen-bond acceptors (Lipinski definition) is 2. The number of aromatic amines is 1. The molecular formula is C14H27N3. The summed E-state index contributed by atoms with van der Waals surface area (Å²) in [5.74, 6) is 0.820. The molecular weight excluding hydrogens is 210 g/mol. The van der Waals surface area contributed by atoms with Crippen LogP contribution >= 0.6 is 0 Å². The van der Waals surface area contributed by atoms with E-state index in [2.05, 4.69) is 15.0 Å². The maximum atomic E-state index is 4.29. The van der Waals surface area contributed by atoms with E-state index in [-0.39, 0.29) is 0 Å². The highest BCUT2D eigenvalue weighted by Crippen LogP contribution is 2.12. The van der Waals surface area contributed by atoms with Crippen molar-refractivity contribution in [1.29, 1.82) is 0 Å². The van der Waals surface area contributed by atoms with Crippen LogP contribution in [-0.2, 0) is 0 Å². The van der Waals surface area contributed by atoms with Gasteiger partial charge in [-0.05, 0) is 19.4 Å². The molecule has 17 heavy (non-hydrogen) atoms. The van der Waals surface area contributed by atoms with Gasteiger partial charge >= 0.3 is 0 Å². The second-order valence-electron chi connectivity index (χ2n) is 2.65. The van der Waals surface area contributed by atoms with Crippen LogP contribution in [0.15, 0.2) is 12.4 Å². The Morgan fingerprint density at radius 1 is 0.941 bits per heavy atom. The molecule has 2 aromatic heterocycles. The van der Waals surface area contributed by atoms with Gasteiger partial charge in [-0.25, -0.2) is 9.97 Å². The number of aryl methyl sites for hydroxylation is 2. The first-order valence-electron chi connectivity index (χ1n) is 6.55. The van der Waals surface area contributed by atoms with Gasteiger partial charge in [0.15, 0.2) is 0 Å². The molecule has 0 atom stereocenters. The van der Waals surface area contributed by atoms with Crippen molar-refractivity contribution >= 4 is 11.0 Å². The minimum atomic E-state index is 0.820. The Labute approximate surface area is 106 Å². The minimum Gasteiger partial charge on any atom is -0.358 e. The lowest BCUT2D eigenvalue weighted by molar-refractivity contribution is 1.09. The summed E-state index contributed by atoms with van der Waals surface area (Å²) in [5, 5.41) is 0. The normalized spacial score (nSPS) is 8.00. The van der Waals surface area contributed by atoms with E-state index < -0.39 is 0 Å². The van der Waals surface area contributed by atoms with Crippen LogP contribution in [0.4, 0.5) is 0 Å². The van der Waals surface area contributed by atoms with Crippen LogP contribution in [0.25, 0.3) is 11.0 Å². The van der Waals surface area contributed by atoms with E-state index >= 15 is 0 Å². The number of nitrogens with one attached hydrogen (secondary N) is 1. The molecule has 3 nitrogen and oxygen atoms in total. The van der Waals surface area contributed by atoms with E-state index in [1.807, 2.05) is 67.8 Å². The smallest absolute Gasteiger partial charge is 0.126 e. The second-order valence-corrected chi connectivity index (χ2v) is 2.65. The molecule has 0 aliphatic carbocycles. The Bertz CT molecular complexity index is 391. The van der Waals surface area contributed by atoms with Gasteiger partial charge in [0.05, 0.1) is 17.2 Å². The van der Waals surface area contributed by atoms with E-state index in [0.717, 1.165) is 16.9 Å². The average Bonchev–Trinajstić information content (AvgIpc) is 2.78. The molecule has 0 aromatic carbocycles. The molecule has 0 fully saturated rings. The van der Waals surface area contributed by atoms with Crippen LogP contribution in [0.5, 0.6) is 0 Å². The summed E-state index contributed by atoms with van der Waals surface area (Å²) in [7, 11) is 0. The van der Waals surface area contributed by atoms with Crippen molar-refractivity contribution < 1.29 is 0 Å². The van der Waals surface area contributed by atoms with E-state index in [1.54, 1.807) is 0 Å². The Balaban J connectivity index is 0. The van der Waals surface area contributed by atoms with Gasteiger partial charge in [-0.3, -0.25) is 0 Å². The van der Waals surface area contributed by atoms with Crippen LogP contribution in [0, 0.1) is 13.8 Å². The molecule has 0 saturated carbocycles. The summed E-state index contributed by atoms with van der Waals surface area (Å²) in [4.78, 5) is 11.5. The van der Waals surface area contributed by atoms with Crippen LogP contribution in [0.3, 0.4) is 0 Å². The summed E-state index contributed by atoms with van der Waals surface area (Å²) in [6, 6.07) is 0. The Kier molecular flexibility index (Phi) is 11.8. The molecule has 2 aromatic rings. The number of aromatic nitrogens is 3. The van der Waals surface area contributed by atoms with Crippen molar-refractivity contribution in [1.82, 2.24) is 15.0 Å². The number of rotatable bonds is 0. The molecule has 98 valence electrons. The van der Waals surface area contributed by atoms with Gasteiger partial charge in [-0.1, -0.05) is 41.5 Å². The standard InChI is InChI=1S/C8H9N3.3C2H6/c1-5-3-10-7-4-9-6(2)11-8(5)7;3*1-2/h3-4,10H,1-2H3;3*1-2H3. The largest absolute Gasteiger partial charge is 0.358 e. The van der Waals surface area contributed by atoms with Crippen LogP contribution in [0.1, 0.15) is 52.9 Å². The van der Waals surface area contributed by atoms with Crippen molar-refractivity contribution in [3.05, 3.63) is 23.8 Å². The number of nitrogens with zero attached hydrogens (tertiary/aromatic N) is 2. The molecule has 0 amide bonds. The zero-order valence-corrected chi connectivity index (χ0v) is 12.5. The van der Waals surface area contributed by atoms with Crippen molar-refractivity contribution in [2.45, 2.75) is 55.4 Å². The monoisotopic (exact) mass is 237 g/mol. The third-order valence-corrected chi connectivity index (χ3v) is 1.73. The second kappa shape index (κ2) is 11.1. The van der Waals surface area contributed by atoms with E-state index in [0.29, 0.717) is 0 Å². The lowest BCUT2D eigenvalue weighted by Gasteiger charge is -1.91. The number of H-pyrrole nitrogens is 1. The first-order valence-corrected chi connectivity index (χ1v) is 6.55. The van der Waals surface area contributed by atoms with Gasteiger partial charge in [0.25, 0.3) is 0 Å². The quantitative estimate of drug-likeness (QED) is 0.724. The highest BCUT2D eigenvalue weighted by atomic mass is 14.9. The average molecular weight is 237 g/mol. The van der Waals surface area contributed by atoms with Gasteiger partial charge in [-0.2, -0.15) is 0 Å². The molecule has 3 heteroatoms. The summed E-state index contributed by atoms with van der Waals surface area (Å²) >= 11 is 0. The fourth-order valence-electron chi connectivity index (χ4n) is 1.13. The van der Waals surface area contributed by atoms with Crippen molar-refractivity contribution in [2.75, 3.05) is 0 Å². The van der Waals surface area contributed by atoms with E-state index in [1.165, 1.54) is 5.56 Å². The molecule has 0 saturated heterocycles.